The van der Waals surface area contributed by atoms with Crippen LogP contribution in [0.15, 0.2) is 126 Å². The first-order valence-electron chi connectivity index (χ1n) is 31.6. The number of rotatable bonds is 4. The molecule has 4 aliphatic carbocycles. The van der Waals surface area contributed by atoms with Gasteiger partial charge in [-0.2, -0.15) is 0 Å². The lowest BCUT2D eigenvalue weighted by atomic mass is 9.35. The molecule has 7 aliphatic rings. The van der Waals surface area contributed by atoms with Crippen LogP contribution in [0.3, 0.4) is 0 Å². The van der Waals surface area contributed by atoms with Crippen LogP contribution in [0.2, 0.25) is 0 Å². The highest BCUT2D eigenvalue weighted by Gasteiger charge is 2.59. The van der Waals surface area contributed by atoms with Crippen molar-refractivity contribution in [1.29, 1.82) is 0 Å². The Kier molecular flexibility index (Phi) is 11.4. The predicted molar refractivity (Wildman–Crippen MR) is 351 cm³/mol. The van der Waals surface area contributed by atoms with Gasteiger partial charge in [-0.3, -0.25) is 0 Å². The molecule has 7 aromatic rings. The third-order valence-corrected chi connectivity index (χ3v) is 22.7. The predicted octanol–water partition coefficient (Wildman–Crippen LogP) is 19.5. The monoisotopic (exact) mass is 1080 g/mol. The molecule has 3 atom stereocenters. The van der Waals surface area contributed by atoms with Gasteiger partial charge in [0.05, 0.1) is 16.9 Å². The molecular weight excluding hydrogens is 994 g/mol. The topological polar surface area (TPSA) is 22.9 Å². The summed E-state index contributed by atoms with van der Waals surface area (Å²) in [4.78, 5) is 8.31. The van der Waals surface area contributed by atoms with E-state index in [1.54, 1.807) is 0 Å². The van der Waals surface area contributed by atoms with Crippen molar-refractivity contribution in [2.24, 2.45) is 0 Å². The molecule has 4 heterocycles. The van der Waals surface area contributed by atoms with E-state index in [2.05, 4.69) is 254 Å². The van der Waals surface area contributed by atoms with Gasteiger partial charge in [-0.25, -0.2) is 0 Å². The van der Waals surface area contributed by atoms with Gasteiger partial charge in [0.1, 0.15) is 5.58 Å². The van der Waals surface area contributed by atoms with Crippen molar-refractivity contribution in [2.45, 2.75) is 225 Å². The highest BCUT2D eigenvalue weighted by atomic mass is 16.3. The van der Waals surface area contributed by atoms with Crippen LogP contribution in [-0.4, -0.2) is 12.3 Å². The fourth-order valence-corrected chi connectivity index (χ4v) is 16.9. The van der Waals surface area contributed by atoms with Crippen LogP contribution in [-0.2, 0) is 37.9 Å². The normalized spacial score (nSPS) is 24.1. The smallest absolute Gasteiger partial charge is 0.297 e. The number of hydrogen-bond acceptors (Lipinski definition) is 4. The Morgan fingerprint density at radius 3 is 1.72 bits per heavy atom. The highest BCUT2D eigenvalue weighted by molar-refractivity contribution is 7.00. The molecular formula is C77H90BN3O. The lowest BCUT2D eigenvalue weighted by molar-refractivity contribution is 0.195. The minimum absolute atomic E-state index is 0.00207. The zero-order valence-corrected chi connectivity index (χ0v) is 52.8. The molecule has 0 radical (unpaired) electrons. The lowest BCUT2D eigenvalue weighted by Crippen LogP contribution is -2.61. The molecule has 2 unspecified atom stereocenters. The molecule has 0 amide bonds. The van der Waals surface area contributed by atoms with Crippen LogP contribution >= 0.6 is 0 Å². The summed E-state index contributed by atoms with van der Waals surface area (Å²) in [5, 5.41) is 1.18. The zero-order valence-electron chi connectivity index (χ0n) is 52.8. The van der Waals surface area contributed by atoms with Crippen molar-refractivity contribution in [3.05, 3.63) is 171 Å². The number of hydrogen-bond donors (Lipinski definition) is 0. The Balaban J connectivity index is 1.14. The molecule has 422 valence electrons. The van der Waals surface area contributed by atoms with E-state index in [0.29, 0.717) is 5.92 Å². The van der Waals surface area contributed by atoms with E-state index in [1.165, 1.54) is 132 Å². The average Bonchev–Trinajstić information content (AvgIpc) is 1.58. The van der Waals surface area contributed by atoms with Crippen LogP contribution in [0.4, 0.5) is 45.5 Å². The number of furan rings is 1. The molecule has 0 N–H and O–H groups in total. The number of allylic oxidation sites excluding steroid dienone is 4. The molecule has 4 nitrogen and oxygen atoms in total. The molecule has 5 heteroatoms. The van der Waals surface area contributed by atoms with Crippen LogP contribution in [0.5, 0.6) is 0 Å². The molecule has 14 rings (SSSR count). The molecule has 0 saturated heterocycles. The van der Waals surface area contributed by atoms with Gasteiger partial charge in [0.25, 0.3) is 6.71 Å². The van der Waals surface area contributed by atoms with Gasteiger partial charge in [-0.15, -0.1) is 0 Å². The molecule has 1 aromatic heterocycles. The second-order valence-electron chi connectivity index (χ2n) is 31.8. The van der Waals surface area contributed by atoms with E-state index in [-0.39, 0.29) is 50.2 Å². The van der Waals surface area contributed by atoms with Crippen LogP contribution in [0, 0.1) is 6.92 Å². The van der Waals surface area contributed by atoms with Gasteiger partial charge in [0.15, 0.2) is 0 Å². The number of fused-ring (bicyclic) bond motifs is 11. The van der Waals surface area contributed by atoms with E-state index in [4.69, 9.17) is 4.42 Å². The number of anilines is 8. The maximum atomic E-state index is 7.68. The van der Waals surface area contributed by atoms with Crippen LogP contribution in [0.1, 0.15) is 225 Å². The third-order valence-electron chi connectivity index (χ3n) is 22.7. The fourth-order valence-electron chi connectivity index (χ4n) is 16.9. The summed E-state index contributed by atoms with van der Waals surface area (Å²) in [6.45, 7) is 41.5. The van der Waals surface area contributed by atoms with E-state index < -0.39 is 0 Å². The Labute approximate surface area is 492 Å². The zero-order chi connectivity index (χ0) is 57.8. The van der Waals surface area contributed by atoms with Gasteiger partial charge < -0.3 is 19.1 Å². The molecule has 1 saturated carbocycles. The summed E-state index contributed by atoms with van der Waals surface area (Å²) < 4.78 is 7.68. The summed E-state index contributed by atoms with van der Waals surface area (Å²) in [7, 11) is 0. The number of benzene rings is 6. The highest BCUT2D eigenvalue weighted by Crippen LogP contribution is 2.63. The largest absolute Gasteiger partial charge is 0.468 e. The Bertz CT molecular complexity index is 3900. The summed E-state index contributed by atoms with van der Waals surface area (Å²) in [6, 6.07) is 40.2. The van der Waals surface area contributed by atoms with Crippen molar-refractivity contribution in [2.75, 3.05) is 14.7 Å². The first-order valence-corrected chi connectivity index (χ1v) is 31.6. The number of aryl methyl sites for hydroxylation is 1. The minimum Gasteiger partial charge on any atom is -0.468 e. The van der Waals surface area contributed by atoms with Crippen LogP contribution < -0.4 is 31.3 Å². The Hall–Kier alpha value is -6.20. The average molecular weight is 1080 g/mol. The molecule has 3 aliphatic heterocycles. The summed E-state index contributed by atoms with van der Waals surface area (Å²) in [5.74, 6) is 0.384. The summed E-state index contributed by atoms with van der Waals surface area (Å²) >= 11 is 0. The van der Waals surface area contributed by atoms with Gasteiger partial charge >= 0.3 is 0 Å². The van der Waals surface area contributed by atoms with E-state index in [1.807, 2.05) is 0 Å². The van der Waals surface area contributed by atoms with Crippen molar-refractivity contribution in [1.82, 2.24) is 0 Å². The fraction of sp³-hybridized carbons (Fsp3) is 0.455. The van der Waals surface area contributed by atoms with E-state index in [9.17, 15) is 0 Å². The number of nitrogens with zero attached hydrogens (tertiary/aromatic N) is 3. The van der Waals surface area contributed by atoms with Gasteiger partial charge in [-0.05, 0) is 207 Å². The lowest BCUT2D eigenvalue weighted by Gasteiger charge is -2.51. The quantitative estimate of drug-likeness (QED) is 0.164. The summed E-state index contributed by atoms with van der Waals surface area (Å²) in [5.41, 5.74) is 27.4. The van der Waals surface area contributed by atoms with Crippen molar-refractivity contribution >= 4 is 79.8 Å². The first-order chi connectivity index (χ1) is 38.5. The molecule has 82 heavy (non-hydrogen) atoms. The second kappa shape index (κ2) is 17.5. The van der Waals surface area contributed by atoms with Gasteiger partial charge in [-0.1, -0.05) is 183 Å². The SMILES string of the molecule is Cc1cc2c(cc1N1c3cc4c(cc3B3c5oc6ccc(C(C)(C)C)cc6c5N(c5ccc(C(C)(C)C)cc5)c5cc(N6c7ccc(C8C=CC=CC8)cc7C7(C)CCCC[C@]67C)cc1c53)C(C)(C)CCC4(C)C)C(C)(C)CCC2(C)C. The standard InChI is InChI=1S/C77H90BN3O/c1-47-39-55-57(74(12,13)37-35-72(55,8)9)45-62(47)80-63-46-58-56(73(10,11)36-38-75(58,14)15)44-60(63)78-67-64(79(52-29-26-50(27-30-52)70(2,3)4)68-54-41-51(71(5,6)7)28-32-66(54)82-69(68)78)42-53(43-65(67)80)81-61-31-25-49(48-23-19-18-20-24-48)40-59(61)76(16)33-21-22-34-77(76,81)17/h18-20,23,25-32,39-46,48H,21-22,24,33-38H2,1-17H3/t48?,76?,77-/m0/s1. The second-order valence-corrected chi connectivity index (χ2v) is 31.8. The van der Waals surface area contributed by atoms with Crippen LogP contribution in [0.25, 0.3) is 11.0 Å². The molecule has 1 fully saturated rings. The van der Waals surface area contributed by atoms with Crippen molar-refractivity contribution in [3.8, 4) is 0 Å². The maximum absolute atomic E-state index is 7.68. The third kappa shape index (κ3) is 7.67. The first kappa shape index (κ1) is 53.8. The van der Waals surface area contributed by atoms with Gasteiger partial charge in [0.2, 0.25) is 0 Å². The Morgan fingerprint density at radius 1 is 0.512 bits per heavy atom. The van der Waals surface area contributed by atoms with Crippen molar-refractivity contribution < 1.29 is 4.42 Å². The molecule has 0 spiro atoms. The van der Waals surface area contributed by atoms with E-state index in [0.717, 1.165) is 49.0 Å². The summed E-state index contributed by atoms with van der Waals surface area (Å²) in [6.07, 6.45) is 19.6. The maximum Gasteiger partial charge on any atom is 0.297 e. The minimum atomic E-state index is -0.179. The van der Waals surface area contributed by atoms with E-state index >= 15 is 0 Å². The molecule has 6 aromatic carbocycles. The van der Waals surface area contributed by atoms with Gasteiger partial charge in [0, 0.05) is 56.5 Å². The van der Waals surface area contributed by atoms with Crippen molar-refractivity contribution in [3.63, 3.8) is 0 Å². The molecule has 0 bridgehead atoms. The Morgan fingerprint density at radius 2 is 1.10 bits per heavy atom.